The van der Waals surface area contributed by atoms with E-state index in [9.17, 15) is 0 Å². The lowest BCUT2D eigenvalue weighted by molar-refractivity contribution is 0.354. The Kier molecular flexibility index (Phi) is 3.28. The molecule has 1 N–H and O–H groups in total. The molecule has 90 valence electrons. The molecule has 0 bridgehead atoms. The largest absolute Gasteiger partial charge is 0.317 e. The van der Waals surface area contributed by atoms with Crippen LogP contribution in [0.4, 0.5) is 0 Å². The minimum Gasteiger partial charge on any atom is -0.317 e. The van der Waals surface area contributed by atoms with Gasteiger partial charge in [-0.2, -0.15) is 0 Å². The van der Waals surface area contributed by atoms with Crippen LogP contribution < -0.4 is 5.32 Å². The lowest BCUT2D eigenvalue weighted by Gasteiger charge is -2.21. The average molecular weight is 222 g/mol. The highest BCUT2D eigenvalue weighted by molar-refractivity contribution is 4.94. The Morgan fingerprint density at radius 1 is 1.38 bits per heavy atom. The maximum atomic E-state index is 4.18. The number of hydrogen-bond acceptors (Lipinski definition) is 3. The van der Waals surface area contributed by atoms with Crippen LogP contribution in [0.15, 0.2) is 0 Å². The second kappa shape index (κ2) is 4.53. The molecule has 1 aromatic heterocycles. The summed E-state index contributed by atoms with van der Waals surface area (Å²) in [5.41, 5.74) is 0. The highest BCUT2D eigenvalue weighted by atomic mass is 15.3. The van der Waals surface area contributed by atoms with Crippen LogP contribution in [0.3, 0.4) is 0 Å². The topological polar surface area (TPSA) is 42.7 Å². The Morgan fingerprint density at radius 2 is 2.06 bits per heavy atom. The quantitative estimate of drug-likeness (QED) is 0.823. The van der Waals surface area contributed by atoms with Gasteiger partial charge in [0.25, 0.3) is 0 Å². The molecule has 1 fully saturated rings. The van der Waals surface area contributed by atoms with Gasteiger partial charge in [0.2, 0.25) is 0 Å². The molecule has 1 aliphatic rings. The predicted molar refractivity (Wildman–Crippen MR) is 63.9 cm³/mol. The summed E-state index contributed by atoms with van der Waals surface area (Å²) in [5, 5.41) is 11.9. The third kappa shape index (κ3) is 2.43. The summed E-state index contributed by atoms with van der Waals surface area (Å²) in [4.78, 5) is 0. The first-order valence-corrected chi connectivity index (χ1v) is 6.18. The van der Waals surface area contributed by atoms with E-state index in [1.54, 1.807) is 0 Å². The third-order valence-electron chi connectivity index (χ3n) is 3.53. The van der Waals surface area contributed by atoms with Crippen molar-refractivity contribution < 1.29 is 0 Å². The maximum absolute atomic E-state index is 4.18. The maximum Gasteiger partial charge on any atom is 0.146 e. The van der Waals surface area contributed by atoms with E-state index in [4.69, 9.17) is 0 Å². The van der Waals surface area contributed by atoms with Crippen molar-refractivity contribution in [3.63, 3.8) is 0 Å². The minimum absolute atomic E-state index is 0.636. The zero-order valence-electron chi connectivity index (χ0n) is 10.7. The standard InChI is InChI=1S/C12H22N4/c1-8(2)12(10-5-6-10)13-7-11-15-14-9(3)16(11)4/h8,10,12-13H,5-7H2,1-4H3. The predicted octanol–water partition coefficient (Wildman–Crippen LogP) is 1.65. The van der Waals surface area contributed by atoms with Crippen LogP contribution >= 0.6 is 0 Å². The molecule has 4 nitrogen and oxygen atoms in total. The Labute approximate surface area is 97.5 Å². The summed E-state index contributed by atoms with van der Waals surface area (Å²) < 4.78 is 2.05. The van der Waals surface area contributed by atoms with E-state index in [-0.39, 0.29) is 0 Å². The smallest absolute Gasteiger partial charge is 0.146 e. The van der Waals surface area contributed by atoms with E-state index in [0.717, 1.165) is 24.1 Å². The molecule has 0 spiro atoms. The minimum atomic E-state index is 0.636. The molecular weight excluding hydrogens is 200 g/mol. The van der Waals surface area contributed by atoms with E-state index in [1.807, 2.05) is 14.0 Å². The van der Waals surface area contributed by atoms with Gasteiger partial charge < -0.3 is 9.88 Å². The molecule has 0 saturated heterocycles. The van der Waals surface area contributed by atoms with Gasteiger partial charge in [-0.1, -0.05) is 13.8 Å². The van der Waals surface area contributed by atoms with E-state index >= 15 is 0 Å². The first-order valence-electron chi connectivity index (χ1n) is 6.18. The zero-order valence-corrected chi connectivity index (χ0v) is 10.7. The van der Waals surface area contributed by atoms with Gasteiger partial charge in [0, 0.05) is 13.1 Å². The Hall–Kier alpha value is -0.900. The molecule has 1 aliphatic carbocycles. The van der Waals surface area contributed by atoms with Crippen molar-refractivity contribution in [2.24, 2.45) is 18.9 Å². The number of nitrogens with zero attached hydrogens (tertiary/aromatic N) is 3. The van der Waals surface area contributed by atoms with Crippen molar-refractivity contribution in [3.8, 4) is 0 Å². The van der Waals surface area contributed by atoms with Crippen LogP contribution in [0.1, 0.15) is 38.3 Å². The van der Waals surface area contributed by atoms with E-state index in [1.165, 1.54) is 12.8 Å². The van der Waals surface area contributed by atoms with Gasteiger partial charge in [-0.3, -0.25) is 0 Å². The molecule has 2 rings (SSSR count). The van der Waals surface area contributed by atoms with Crippen LogP contribution in [0, 0.1) is 18.8 Å². The molecule has 0 aliphatic heterocycles. The fraction of sp³-hybridized carbons (Fsp3) is 0.833. The van der Waals surface area contributed by atoms with Crippen LogP contribution in [0.2, 0.25) is 0 Å². The summed E-state index contributed by atoms with van der Waals surface area (Å²) in [6.07, 6.45) is 2.77. The third-order valence-corrected chi connectivity index (χ3v) is 3.53. The van der Waals surface area contributed by atoms with Crippen molar-refractivity contribution in [3.05, 3.63) is 11.6 Å². The summed E-state index contributed by atoms with van der Waals surface area (Å²) >= 11 is 0. The fourth-order valence-corrected chi connectivity index (χ4v) is 2.22. The van der Waals surface area contributed by atoms with Gasteiger partial charge in [0.05, 0.1) is 6.54 Å². The molecule has 0 radical (unpaired) electrons. The SMILES string of the molecule is Cc1nnc(CNC(C(C)C)C2CC2)n1C. The summed E-state index contributed by atoms with van der Waals surface area (Å²) in [5.74, 6) is 3.59. The normalized spacial score (nSPS) is 18.1. The van der Waals surface area contributed by atoms with Crippen LogP contribution in [0.25, 0.3) is 0 Å². The van der Waals surface area contributed by atoms with Crippen LogP contribution in [-0.4, -0.2) is 20.8 Å². The van der Waals surface area contributed by atoms with Gasteiger partial charge in [-0.05, 0) is 31.6 Å². The molecule has 0 aromatic carbocycles. The molecule has 1 saturated carbocycles. The highest BCUT2D eigenvalue weighted by Gasteiger charge is 2.32. The van der Waals surface area contributed by atoms with E-state index in [0.29, 0.717) is 12.0 Å². The molecule has 16 heavy (non-hydrogen) atoms. The molecule has 0 amide bonds. The molecule has 4 heteroatoms. The van der Waals surface area contributed by atoms with Gasteiger partial charge in [-0.25, -0.2) is 0 Å². The molecule has 1 unspecified atom stereocenters. The van der Waals surface area contributed by atoms with E-state index < -0.39 is 0 Å². The molecule has 1 heterocycles. The lowest BCUT2D eigenvalue weighted by atomic mass is 10.00. The highest BCUT2D eigenvalue weighted by Crippen LogP contribution is 2.35. The van der Waals surface area contributed by atoms with Crippen molar-refractivity contribution in [2.45, 2.75) is 46.2 Å². The summed E-state index contributed by atoms with van der Waals surface area (Å²) in [6.45, 7) is 7.39. The fourth-order valence-electron chi connectivity index (χ4n) is 2.22. The van der Waals surface area contributed by atoms with Crippen molar-refractivity contribution in [2.75, 3.05) is 0 Å². The Bertz CT molecular complexity index is 350. The first kappa shape index (κ1) is 11.6. The van der Waals surface area contributed by atoms with Gasteiger partial charge in [0.1, 0.15) is 11.6 Å². The molecule has 1 aromatic rings. The van der Waals surface area contributed by atoms with Crippen LogP contribution in [0.5, 0.6) is 0 Å². The second-order valence-electron chi connectivity index (χ2n) is 5.21. The van der Waals surface area contributed by atoms with Gasteiger partial charge >= 0.3 is 0 Å². The number of aromatic nitrogens is 3. The second-order valence-corrected chi connectivity index (χ2v) is 5.21. The Morgan fingerprint density at radius 3 is 2.50 bits per heavy atom. The molecule has 1 atom stereocenters. The Balaban J connectivity index is 1.92. The van der Waals surface area contributed by atoms with Gasteiger partial charge in [-0.15, -0.1) is 10.2 Å². The number of nitrogens with one attached hydrogen (secondary N) is 1. The van der Waals surface area contributed by atoms with Crippen molar-refractivity contribution in [1.29, 1.82) is 0 Å². The number of hydrogen-bond donors (Lipinski definition) is 1. The first-order chi connectivity index (χ1) is 7.59. The number of rotatable bonds is 5. The zero-order chi connectivity index (χ0) is 11.7. The van der Waals surface area contributed by atoms with Crippen molar-refractivity contribution in [1.82, 2.24) is 20.1 Å². The summed E-state index contributed by atoms with van der Waals surface area (Å²) in [6, 6.07) is 0.636. The van der Waals surface area contributed by atoms with Crippen LogP contribution in [-0.2, 0) is 13.6 Å². The van der Waals surface area contributed by atoms with Crippen molar-refractivity contribution >= 4 is 0 Å². The summed E-state index contributed by atoms with van der Waals surface area (Å²) in [7, 11) is 2.02. The monoisotopic (exact) mass is 222 g/mol. The van der Waals surface area contributed by atoms with Gasteiger partial charge in [0.15, 0.2) is 0 Å². The average Bonchev–Trinajstić information content (AvgIpc) is 3.00. The number of aryl methyl sites for hydroxylation is 1. The lowest BCUT2D eigenvalue weighted by Crippen LogP contribution is -2.36. The molecular formula is C12H22N4. The van der Waals surface area contributed by atoms with E-state index in [2.05, 4.69) is 33.9 Å².